The van der Waals surface area contributed by atoms with Crippen LogP contribution in [0.4, 0.5) is 5.69 Å². The Balaban J connectivity index is 1.64. The van der Waals surface area contributed by atoms with Gasteiger partial charge < -0.3 is 5.32 Å². The van der Waals surface area contributed by atoms with E-state index in [0.29, 0.717) is 0 Å². The molecule has 1 amide bonds. The predicted molar refractivity (Wildman–Crippen MR) is 101 cm³/mol. The lowest BCUT2D eigenvalue weighted by atomic mass is 10.1. The van der Waals surface area contributed by atoms with Crippen LogP contribution in [0.1, 0.15) is 11.3 Å². The zero-order chi connectivity index (χ0) is 16.6. The lowest BCUT2D eigenvalue weighted by Gasteiger charge is -2.27. The van der Waals surface area contributed by atoms with Gasteiger partial charge in [-0.2, -0.15) is 11.8 Å². The van der Waals surface area contributed by atoms with Crippen LogP contribution in [0.15, 0.2) is 54.7 Å². The largest absolute Gasteiger partial charge is 0.322 e. The molecule has 5 heteroatoms. The van der Waals surface area contributed by atoms with Gasteiger partial charge in [0.1, 0.15) is 0 Å². The fourth-order valence-electron chi connectivity index (χ4n) is 2.59. The quantitative estimate of drug-likeness (QED) is 0.849. The summed E-state index contributed by atoms with van der Waals surface area (Å²) < 4.78 is 0. The number of nitrogens with zero attached hydrogens (tertiary/aromatic N) is 2. The number of anilines is 1. The topological polar surface area (TPSA) is 45.2 Å². The molecule has 1 saturated heterocycles. The zero-order valence-corrected chi connectivity index (χ0v) is 14.3. The highest BCUT2D eigenvalue weighted by Crippen LogP contribution is 2.19. The Morgan fingerprint density at radius 2 is 1.96 bits per heavy atom. The number of rotatable bonds is 5. The highest BCUT2D eigenvalue weighted by atomic mass is 32.2. The standard InChI is InChI=1S/C19H21N3OS/c23-19(9-8-17-6-3-4-10-20-17)21-18-7-2-1-5-16(18)15-22-11-13-24-14-12-22/h1-10H,11-15H2,(H,21,23)/b9-8-. The molecule has 124 valence electrons. The summed E-state index contributed by atoms with van der Waals surface area (Å²) in [6.07, 6.45) is 4.96. The van der Waals surface area contributed by atoms with E-state index in [4.69, 9.17) is 0 Å². The van der Waals surface area contributed by atoms with Crippen LogP contribution in [0.25, 0.3) is 6.08 Å². The van der Waals surface area contributed by atoms with Crippen molar-refractivity contribution >= 4 is 29.4 Å². The summed E-state index contributed by atoms with van der Waals surface area (Å²) in [5, 5.41) is 2.98. The molecule has 1 aliphatic rings. The third-order valence-electron chi connectivity index (χ3n) is 3.87. The fourth-order valence-corrected chi connectivity index (χ4v) is 3.57. The Bertz CT molecular complexity index is 697. The molecule has 24 heavy (non-hydrogen) atoms. The van der Waals surface area contributed by atoms with Crippen molar-refractivity contribution in [2.45, 2.75) is 6.54 Å². The number of hydrogen-bond acceptors (Lipinski definition) is 4. The predicted octanol–water partition coefficient (Wildman–Crippen LogP) is 3.28. The first-order valence-corrected chi connectivity index (χ1v) is 9.25. The minimum Gasteiger partial charge on any atom is -0.322 e. The van der Waals surface area contributed by atoms with Crippen LogP contribution in [0.2, 0.25) is 0 Å². The Kier molecular flexibility index (Phi) is 6.04. The van der Waals surface area contributed by atoms with Crippen LogP contribution < -0.4 is 5.32 Å². The van der Waals surface area contributed by atoms with Crippen LogP contribution in [-0.2, 0) is 11.3 Å². The average Bonchev–Trinajstić information content (AvgIpc) is 2.63. The lowest BCUT2D eigenvalue weighted by Crippen LogP contribution is -2.32. The molecule has 2 aromatic rings. The van der Waals surface area contributed by atoms with Gasteiger partial charge in [0.25, 0.3) is 0 Å². The van der Waals surface area contributed by atoms with Crippen LogP contribution >= 0.6 is 11.8 Å². The molecule has 0 unspecified atom stereocenters. The van der Waals surface area contributed by atoms with Gasteiger partial charge in [-0.1, -0.05) is 24.3 Å². The number of carbonyl (C=O) groups excluding carboxylic acids is 1. The van der Waals surface area contributed by atoms with Gasteiger partial charge in [0, 0.05) is 49.1 Å². The van der Waals surface area contributed by atoms with Gasteiger partial charge in [-0.25, -0.2) is 0 Å². The molecule has 1 fully saturated rings. The molecule has 1 aromatic carbocycles. The Morgan fingerprint density at radius 3 is 2.75 bits per heavy atom. The minimum absolute atomic E-state index is 0.137. The van der Waals surface area contributed by atoms with Gasteiger partial charge in [0.15, 0.2) is 0 Å². The van der Waals surface area contributed by atoms with E-state index >= 15 is 0 Å². The van der Waals surface area contributed by atoms with Gasteiger partial charge in [-0.15, -0.1) is 0 Å². The highest BCUT2D eigenvalue weighted by molar-refractivity contribution is 7.99. The summed E-state index contributed by atoms with van der Waals surface area (Å²) >= 11 is 2.00. The summed E-state index contributed by atoms with van der Waals surface area (Å²) in [5.74, 6) is 2.23. The molecule has 4 nitrogen and oxygen atoms in total. The molecule has 3 rings (SSSR count). The number of hydrogen-bond donors (Lipinski definition) is 1. The van der Waals surface area contributed by atoms with Crippen molar-refractivity contribution in [2.24, 2.45) is 0 Å². The molecule has 2 heterocycles. The van der Waals surface area contributed by atoms with E-state index in [1.54, 1.807) is 12.3 Å². The molecular weight excluding hydrogens is 318 g/mol. The maximum Gasteiger partial charge on any atom is 0.248 e. The number of pyridine rings is 1. The van der Waals surface area contributed by atoms with Crippen molar-refractivity contribution in [3.63, 3.8) is 0 Å². The van der Waals surface area contributed by atoms with Crippen molar-refractivity contribution in [3.05, 3.63) is 66.0 Å². The molecule has 0 aliphatic carbocycles. The number of benzene rings is 1. The van der Waals surface area contributed by atoms with Gasteiger partial charge in [0.05, 0.1) is 5.69 Å². The van der Waals surface area contributed by atoms with E-state index in [-0.39, 0.29) is 5.91 Å². The van der Waals surface area contributed by atoms with E-state index < -0.39 is 0 Å². The second-order valence-electron chi connectivity index (χ2n) is 5.62. The second kappa shape index (κ2) is 8.66. The smallest absolute Gasteiger partial charge is 0.248 e. The number of amides is 1. The first-order valence-electron chi connectivity index (χ1n) is 8.09. The molecule has 0 bridgehead atoms. The summed E-state index contributed by atoms with van der Waals surface area (Å²) in [6, 6.07) is 13.6. The first kappa shape index (κ1) is 16.7. The van der Waals surface area contributed by atoms with Crippen molar-refractivity contribution in [1.82, 2.24) is 9.88 Å². The Hall–Kier alpha value is -2.11. The molecular formula is C19H21N3OS. The van der Waals surface area contributed by atoms with Crippen molar-refractivity contribution < 1.29 is 4.79 Å². The summed E-state index contributed by atoms with van der Waals surface area (Å²) in [6.45, 7) is 3.08. The van der Waals surface area contributed by atoms with Crippen LogP contribution in [0.3, 0.4) is 0 Å². The summed E-state index contributed by atoms with van der Waals surface area (Å²) in [4.78, 5) is 18.8. The second-order valence-corrected chi connectivity index (χ2v) is 6.85. The normalized spacial score (nSPS) is 15.5. The maximum absolute atomic E-state index is 12.2. The third-order valence-corrected chi connectivity index (χ3v) is 4.81. The molecule has 0 radical (unpaired) electrons. The van der Waals surface area contributed by atoms with Gasteiger partial charge in [-0.05, 0) is 29.8 Å². The number of aromatic nitrogens is 1. The number of carbonyl (C=O) groups is 1. The van der Waals surface area contributed by atoms with E-state index in [1.807, 2.05) is 48.2 Å². The Labute approximate surface area is 147 Å². The minimum atomic E-state index is -0.137. The maximum atomic E-state index is 12.2. The first-order chi connectivity index (χ1) is 11.8. The van der Waals surface area contributed by atoms with Crippen LogP contribution in [0.5, 0.6) is 0 Å². The third kappa shape index (κ3) is 4.94. The highest BCUT2D eigenvalue weighted by Gasteiger charge is 2.13. The molecule has 0 spiro atoms. The van der Waals surface area contributed by atoms with Crippen molar-refractivity contribution in [3.8, 4) is 0 Å². The van der Waals surface area contributed by atoms with Gasteiger partial charge in [0.2, 0.25) is 5.91 Å². The van der Waals surface area contributed by atoms with E-state index in [0.717, 1.165) is 36.6 Å². The number of nitrogens with one attached hydrogen (secondary N) is 1. The summed E-state index contributed by atoms with van der Waals surface area (Å²) in [5.41, 5.74) is 2.81. The number of para-hydroxylation sites is 1. The molecule has 1 aromatic heterocycles. The average molecular weight is 339 g/mol. The van der Waals surface area contributed by atoms with E-state index in [1.165, 1.54) is 17.6 Å². The molecule has 0 atom stereocenters. The van der Waals surface area contributed by atoms with Crippen molar-refractivity contribution in [2.75, 3.05) is 29.9 Å². The van der Waals surface area contributed by atoms with Gasteiger partial charge in [-0.3, -0.25) is 14.7 Å². The van der Waals surface area contributed by atoms with Crippen LogP contribution in [0, 0.1) is 0 Å². The van der Waals surface area contributed by atoms with Crippen LogP contribution in [-0.4, -0.2) is 40.4 Å². The monoisotopic (exact) mass is 339 g/mol. The van der Waals surface area contributed by atoms with E-state index in [2.05, 4.69) is 21.3 Å². The molecule has 1 aliphatic heterocycles. The number of thioether (sulfide) groups is 1. The Morgan fingerprint density at radius 1 is 1.17 bits per heavy atom. The molecule has 1 N–H and O–H groups in total. The fraction of sp³-hybridized carbons (Fsp3) is 0.263. The lowest BCUT2D eigenvalue weighted by molar-refractivity contribution is -0.111. The van der Waals surface area contributed by atoms with Crippen molar-refractivity contribution in [1.29, 1.82) is 0 Å². The summed E-state index contributed by atoms with van der Waals surface area (Å²) in [7, 11) is 0. The zero-order valence-electron chi connectivity index (χ0n) is 13.5. The van der Waals surface area contributed by atoms with Gasteiger partial charge >= 0.3 is 0 Å². The van der Waals surface area contributed by atoms with E-state index in [9.17, 15) is 4.79 Å². The molecule has 0 saturated carbocycles. The SMILES string of the molecule is O=C(/C=C\c1ccccn1)Nc1ccccc1CN1CCSCC1.